The molecule has 2 aromatic carbocycles. The summed E-state index contributed by atoms with van der Waals surface area (Å²) in [6.07, 6.45) is 0.453. The van der Waals surface area contributed by atoms with Crippen molar-refractivity contribution in [3.8, 4) is 0 Å². The molecular weight excluding hydrogens is 397 g/mol. The Morgan fingerprint density at radius 3 is 2.65 bits per heavy atom. The number of morpholine rings is 1. The summed E-state index contributed by atoms with van der Waals surface area (Å²) in [5.41, 5.74) is 2.34. The molecule has 0 spiro atoms. The third-order valence-electron chi connectivity index (χ3n) is 5.06. The van der Waals surface area contributed by atoms with Gasteiger partial charge in [-0.25, -0.2) is 4.39 Å². The number of rotatable bonds is 8. The molecule has 166 valence electrons. The zero-order chi connectivity index (χ0) is 21.9. The molecule has 1 amide bonds. The van der Waals surface area contributed by atoms with Gasteiger partial charge in [0, 0.05) is 57.4 Å². The fourth-order valence-electron chi connectivity index (χ4n) is 3.29. The number of anilines is 1. The molecule has 1 fully saturated rings. The molecule has 0 unspecified atom stereocenters. The largest absolute Gasteiger partial charge is 0.379 e. The molecule has 0 bridgehead atoms. The minimum Gasteiger partial charge on any atom is -0.379 e. The van der Waals surface area contributed by atoms with Gasteiger partial charge in [-0.1, -0.05) is 30.3 Å². The fourth-order valence-corrected chi connectivity index (χ4v) is 3.29. The van der Waals surface area contributed by atoms with E-state index < -0.39 is 0 Å². The van der Waals surface area contributed by atoms with Gasteiger partial charge in [0.15, 0.2) is 5.96 Å². The maximum atomic E-state index is 13.8. The summed E-state index contributed by atoms with van der Waals surface area (Å²) >= 11 is 0. The standard InChI is InChI=1S/C23H30FN5O2/c1-25-23(27-17-19-6-2-3-8-21(19)24)26-16-18-5-4-7-20(15-18)28-22(30)9-10-29-11-13-31-14-12-29/h2-8,15H,9-14,16-17H2,1H3,(H,28,30)(H2,25,26,27). The first-order chi connectivity index (χ1) is 15.1. The Balaban J connectivity index is 1.44. The van der Waals surface area contributed by atoms with Crippen LogP contribution in [0.4, 0.5) is 10.1 Å². The van der Waals surface area contributed by atoms with Crippen molar-refractivity contribution >= 4 is 17.6 Å². The molecule has 1 aliphatic heterocycles. The minimum atomic E-state index is -0.248. The van der Waals surface area contributed by atoms with Crippen LogP contribution in [0.5, 0.6) is 0 Å². The van der Waals surface area contributed by atoms with Gasteiger partial charge in [0.1, 0.15) is 5.82 Å². The Morgan fingerprint density at radius 1 is 1.10 bits per heavy atom. The molecule has 0 saturated carbocycles. The lowest BCUT2D eigenvalue weighted by atomic mass is 10.2. The zero-order valence-electron chi connectivity index (χ0n) is 17.9. The molecule has 0 aromatic heterocycles. The molecule has 3 rings (SSSR count). The van der Waals surface area contributed by atoms with E-state index >= 15 is 0 Å². The van der Waals surface area contributed by atoms with Crippen LogP contribution in [0.1, 0.15) is 17.5 Å². The second kappa shape index (κ2) is 12.0. The number of aliphatic imine (C=N–C) groups is 1. The first kappa shape index (κ1) is 22.7. The van der Waals surface area contributed by atoms with E-state index in [0.29, 0.717) is 31.0 Å². The molecule has 0 atom stereocenters. The molecule has 8 heteroatoms. The van der Waals surface area contributed by atoms with E-state index in [2.05, 4.69) is 25.8 Å². The van der Waals surface area contributed by atoms with Crippen LogP contribution in [-0.4, -0.2) is 56.7 Å². The van der Waals surface area contributed by atoms with Crippen LogP contribution in [-0.2, 0) is 22.6 Å². The molecule has 1 aliphatic rings. The van der Waals surface area contributed by atoms with Crippen molar-refractivity contribution in [2.24, 2.45) is 4.99 Å². The van der Waals surface area contributed by atoms with E-state index in [0.717, 1.165) is 44.1 Å². The molecule has 0 radical (unpaired) electrons. The smallest absolute Gasteiger partial charge is 0.225 e. The van der Waals surface area contributed by atoms with E-state index in [9.17, 15) is 9.18 Å². The minimum absolute atomic E-state index is 0.000958. The monoisotopic (exact) mass is 427 g/mol. The van der Waals surface area contributed by atoms with Crippen LogP contribution in [0.15, 0.2) is 53.5 Å². The predicted octanol–water partition coefficient (Wildman–Crippen LogP) is 2.35. The lowest BCUT2D eigenvalue weighted by Crippen LogP contribution is -2.38. The Kier molecular flexibility index (Phi) is 8.81. The van der Waals surface area contributed by atoms with E-state index in [-0.39, 0.29) is 11.7 Å². The average molecular weight is 428 g/mol. The highest BCUT2D eigenvalue weighted by Crippen LogP contribution is 2.11. The van der Waals surface area contributed by atoms with Gasteiger partial charge in [-0.15, -0.1) is 0 Å². The lowest BCUT2D eigenvalue weighted by Gasteiger charge is -2.26. The number of halogens is 1. The summed E-state index contributed by atoms with van der Waals surface area (Å²) in [7, 11) is 1.67. The van der Waals surface area contributed by atoms with Crippen molar-refractivity contribution in [2.45, 2.75) is 19.5 Å². The van der Waals surface area contributed by atoms with Crippen molar-refractivity contribution < 1.29 is 13.9 Å². The Hall–Kier alpha value is -2.97. The van der Waals surface area contributed by atoms with Gasteiger partial charge in [0.25, 0.3) is 0 Å². The van der Waals surface area contributed by atoms with Gasteiger partial charge in [-0.2, -0.15) is 0 Å². The normalized spacial score (nSPS) is 14.8. The number of ether oxygens (including phenoxy) is 1. The van der Waals surface area contributed by atoms with Gasteiger partial charge in [-0.05, 0) is 23.8 Å². The second-order valence-electron chi connectivity index (χ2n) is 7.32. The summed E-state index contributed by atoms with van der Waals surface area (Å²) in [4.78, 5) is 18.7. The molecule has 1 saturated heterocycles. The number of nitrogens with one attached hydrogen (secondary N) is 3. The third-order valence-corrected chi connectivity index (χ3v) is 5.06. The highest BCUT2D eigenvalue weighted by Gasteiger charge is 2.12. The summed E-state index contributed by atoms with van der Waals surface area (Å²) in [6, 6.07) is 14.3. The van der Waals surface area contributed by atoms with Gasteiger partial charge >= 0.3 is 0 Å². The Labute approximate surface area is 182 Å². The number of carbonyl (C=O) groups is 1. The molecule has 0 aliphatic carbocycles. The summed E-state index contributed by atoms with van der Waals surface area (Å²) < 4.78 is 19.1. The van der Waals surface area contributed by atoms with Crippen LogP contribution < -0.4 is 16.0 Å². The van der Waals surface area contributed by atoms with Crippen LogP contribution in [0, 0.1) is 5.82 Å². The first-order valence-electron chi connectivity index (χ1n) is 10.5. The number of hydrogen-bond acceptors (Lipinski definition) is 4. The maximum absolute atomic E-state index is 13.8. The fraction of sp³-hybridized carbons (Fsp3) is 0.391. The molecule has 31 heavy (non-hydrogen) atoms. The zero-order valence-corrected chi connectivity index (χ0v) is 17.9. The Morgan fingerprint density at radius 2 is 1.87 bits per heavy atom. The van der Waals surface area contributed by atoms with Crippen LogP contribution in [0.3, 0.4) is 0 Å². The molecule has 7 nitrogen and oxygen atoms in total. The van der Waals surface area contributed by atoms with E-state index in [1.54, 1.807) is 25.2 Å². The van der Waals surface area contributed by atoms with Crippen LogP contribution >= 0.6 is 0 Å². The summed E-state index contributed by atoms with van der Waals surface area (Å²) in [6.45, 7) is 4.81. The van der Waals surface area contributed by atoms with E-state index in [1.807, 2.05) is 24.3 Å². The van der Waals surface area contributed by atoms with Crippen molar-refractivity contribution in [1.29, 1.82) is 0 Å². The molecular formula is C23H30FN5O2. The third kappa shape index (κ3) is 7.66. The van der Waals surface area contributed by atoms with Crippen molar-refractivity contribution in [2.75, 3.05) is 45.2 Å². The summed E-state index contributed by atoms with van der Waals surface area (Å²) in [5.74, 6) is 0.324. The Bertz CT molecular complexity index is 884. The number of hydrogen-bond donors (Lipinski definition) is 3. The van der Waals surface area contributed by atoms with Crippen LogP contribution in [0.2, 0.25) is 0 Å². The van der Waals surface area contributed by atoms with Gasteiger partial charge in [0.05, 0.1) is 13.2 Å². The molecule has 3 N–H and O–H groups in total. The van der Waals surface area contributed by atoms with E-state index in [4.69, 9.17) is 4.74 Å². The van der Waals surface area contributed by atoms with Gasteiger partial charge in [0.2, 0.25) is 5.91 Å². The maximum Gasteiger partial charge on any atom is 0.225 e. The molecule has 2 aromatic rings. The topological polar surface area (TPSA) is 78.0 Å². The highest BCUT2D eigenvalue weighted by atomic mass is 19.1. The van der Waals surface area contributed by atoms with Crippen LogP contribution in [0.25, 0.3) is 0 Å². The predicted molar refractivity (Wildman–Crippen MR) is 120 cm³/mol. The van der Waals surface area contributed by atoms with Crippen molar-refractivity contribution in [1.82, 2.24) is 15.5 Å². The van der Waals surface area contributed by atoms with Crippen molar-refractivity contribution in [3.63, 3.8) is 0 Å². The average Bonchev–Trinajstić information content (AvgIpc) is 2.80. The number of guanidine groups is 1. The number of carbonyl (C=O) groups excluding carboxylic acids is 1. The second-order valence-corrected chi connectivity index (χ2v) is 7.32. The highest BCUT2D eigenvalue weighted by molar-refractivity contribution is 5.90. The first-order valence-corrected chi connectivity index (χ1v) is 10.5. The van der Waals surface area contributed by atoms with E-state index in [1.165, 1.54) is 6.07 Å². The van der Waals surface area contributed by atoms with Gasteiger partial charge in [-0.3, -0.25) is 14.7 Å². The summed E-state index contributed by atoms with van der Waals surface area (Å²) in [5, 5.41) is 9.28. The SMILES string of the molecule is CN=C(NCc1cccc(NC(=O)CCN2CCOCC2)c1)NCc1ccccc1F. The lowest BCUT2D eigenvalue weighted by molar-refractivity contribution is -0.116. The quantitative estimate of drug-likeness (QED) is 0.445. The van der Waals surface area contributed by atoms with Gasteiger partial charge < -0.3 is 20.7 Å². The number of amides is 1. The number of nitrogens with zero attached hydrogens (tertiary/aromatic N) is 2. The molecule has 1 heterocycles. The van der Waals surface area contributed by atoms with Crippen molar-refractivity contribution in [3.05, 3.63) is 65.5 Å². The number of benzene rings is 2.